The van der Waals surface area contributed by atoms with Crippen LogP contribution in [0.2, 0.25) is 0 Å². The van der Waals surface area contributed by atoms with Gasteiger partial charge in [0.25, 0.3) is 0 Å². The zero-order valence-electron chi connectivity index (χ0n) is 14.0. The molecule has 0 unspecified atom stereocenters. The average Bonchev–Trinajstić information content (AvgIpc) is 2.57. The Morgan fingerprint density at radius 3 is 2.65 bits per heavy atom. The Morgan fingerprint density at radius 1 is 1.00 bits per heavy atom. The average molecular weight is 305 g/mol. The summed E-state index contributed by atoms with van der Waals surface area (Å²) in [4.78, 5) is 11.4. The van der Waals surface area contributed by atoms with E-state index in [0.29, 0.717) is 6.04 Å². The molecule has 0 aliphatic rings. The van der Waals surface area contributed by atoms with Crippen LogP contribution in [0.15, 0.2) is 54.9 Å². The number of aromatic nitrogens is 2. The van der Waals surface area contributed by atoms with Crippen molar-refractivity contribution in [2.45, 2.75) is 32.9 Å². The van der Waals surface area contributed by atoms with E-state index in [2.05, 4.69) is 66.1 Å². The third-order valence-electron chi connectivity index (χ3n) is 4.52. The number of rotatable bonds is 5. The third-order valence-corrected chi connectivity index (χ3v) is 4.52. The van der Waals surface area contributed by atoms with Crippen molar-refractivity contribution in [3.63, 3.8) is 0 Å². The van der Waals surface area contributed by atoms with Gasteiger partial charge in [0.15, 0.2) is 0 Å². The minimum absolute atomic E-state index is 0.426. The van der Waals surface area contributed by atoms with E-state index in [-0.39, 0.29) is 0 Å². The zero-order valence-corrected chi connectivity index (χ0v) is 14.0. The Bertz CT molecular complexity index is 792. The van der Waals surface area contributed by atoms with Crippen LogP contribution in [0.25, 0.3) is 10.9 Å². The van der Waals surface area contributed by atoms with Crippen molar-refractivity contribution in [3.8, 4) is 0 Å². The summed E-state index contributed by atoms with van der Waals surface area (Å²) in [5.41, 5.74) is 4.84. The molecule has 3 nitrogen and oxygen atoms in total. The number of hydrogen-bond acceptors (Lipinski definition) is 3. The molecule has 2 heterocycles. The number of aryl methyl sites for hydroxylation is 1. The fourth-order valence-corrected chi connectivity index (χ4v) is 2.89. The van der Waals surface area contributed by atoms with Gasteiger partial charge in [-0.25, -0.2) is 0 Å². The van der Waals surface area contributed by atoms with Gasteiger partial charge in [0.1, 0.15) is 0 Å². The van der Waals surface area contributed by atoms with Gasteiger partial charge in [-0.05, 0) is 50.2 Å². The molecule has 3 heteroatoms. The van der Waals surface area contributed by atoms with Gasteiger partial charge >= 0.3 is 0 Å². The fraction of sp³-hybridized carbons (Fsp3) is 0.300. The van der Waals surface area contributed by atoms with E-state index in [9.17, 15) is 0 Å². The maximum Gasteiger partial charge on any atom is 0.0705 e. The molecule has 0 aliphatic carbocycles. The van der Waals surface area contributed by atoms with Crippen LogP contribution in [-0.2, 0) is 13.0 Å². The summed E-state index contributed by atoms with van der Waals surface area (Å²) in [6.07, 6.45) is 4.75. The first-order valence-electron chi connectivity index (χ1n) is 8.08. The molecule has 0 aliphatic heterocycles. The van der Waals surface area contributed by atoms with Gasteiger partial charge in [0.2, 0.25) is 0 Å². The fourth-order valence-electron chi connectivity index (χ4n) is 2.89. The number of para-hydroxylation sites is 1. The first-order valence-corrected chi connectivity index (χ1v) is 8.08. The molecule has 23 heavy (non-hydrogen) atoms. The lowest BCUT2D eigenvalue weighted by atomic mass is 10.1. The lowest BCUT2D eigenvalue weighted by Gasteiger charge is -2.25. The van der Waals surface area contributed by atoms with Gasteiger partial charge in [0.05, 0.1) is 5.52 Å². The third kappa shape index (κ3) is 3.57. The predicted octanol–water partition coefficient (Wildman–Crippen LogP) is 4.00. The van der Waals surface area contributed by atoms with Crippen LogP contribution in [0.3, 0.4) is 0 Å². The van der Waals surface area contributed by atoms with Crippen molar-refractivity contribution in [3.05, 3.63) is 71.7 Å². The number of nitrogens with zero attached hydrogens (tertiary/aromatic N) is 3. The first-order chi connectivity index (χ1) is 11.1. The summed E-state index contributed by atoms with van der Waals surface area (Å²) in [5, 5.41) is 1.24. The minimum Gasteiger partial charge on any atom is -0.299 e. The Morgan fingerprint density at radius 2 is 1.83 bits per heavy atom. The standard InChI is InChI=1S/C20H23N3/c1-15-7-6-11-21-20(15)13-16(2)23(3)14-17-10-12-22-19-9-5-4-8-18(17)19/h4-12,16H,13-14H2,1-3H3/t16-/m0/s1. The summed E-state index contributed by atoms with van der Waals surface area (Å²) in [6, 6.07) is 15.0. The summed E-state index contributed by atoms with van der Waals surface area (Å²) in [6.45, 7) is 5.30. The second-order valence-electron chi connectivity index (χ2n) is 6.22. The molecule has 0 bridgehead atoms. The van der Waals surface area contributed by atoms with E-state index in [0.717, 1.165) is 18.5 Å². The lowest BCUT2D eigenvalue weighted by molar-refractivity contribution is 0.247. The van der Waals surface area contributed by atoms with Crippen molar-refractivity contribution >= 4 is 10.9 Å². The predicted molar refractivity (Wildman–Crippen MR) is 95.4 cm³/mol. The zero-order chi connectivity index (χ0) is 16.2. The highest BCUT2D eigenvalue weighted by Crippen LogP contribution is 2.19. The first kappa shape index (κ1) is 15.6. The monoisotopic (exact) mass is 305 g/mol. The Balaban J connectivity index is 1.75. The lowest BCUT2D eigenvalue weighted by Crippen LogP contribution is -2.31. The van der Waals surface area contributed by atoms with E-state index in [4.69, 9.17) is 0 Å². The molecule has 0 saturated heterocycles. The summed E-state index contributed by atoms with van der Waals surface area (Å²) >= 11 is 0. The van der Waals surface area contributed by atoms with Crippen LogP contribution < -0.4 is 0 Å². The molecule has 0 radical (unpaired) electrons. The van der Waals surface area contributed by atoms with Crippen molar-refractivity contribution < 1.29 is 0 Å². The number of fused-ring (bicyclic) bond motifs is 1. The molecule has 3 aromatic rings. The smallest absolute Gasteiger partial charge is 0.0705 e. The van der Waals surface area contributed by atoms with Crippen LogP contribution in [0.1, 0.15) is 23.7 Å². The van der Waals surface area contributed by atoms with Crippen LogP contribution in [0.5, 0.6) is 0 Å². The highest BCUT2D eigenvalue weighted by molar-refractivity contribution is 5.81. The number of benzene rings is 1. The molecule has 0 saturated carbocycles. The van der Waals surface area contributed by atoms with Gasteiger partial charge in [-0.3, -0.25) is 14.9 Å². The highest BCUT2D eigenvalue weighted by atomic mass is 15.1. The van der Waals surface area contributed by atoms with Crippen molar-refractivity contribution in [2.24, 2.45) is 0 Å². The van der Waals surface area contributed by atoms with Crippen LogP contribution >= 0.6 is 0 Å². The maximum atomic E-state index is 4.52. The van der Waals surface area contributed by atoms with Crippen LogP contribution in [0.4, 0.5) is 0 Å². The summed E-state index contributed by atoms with van der Waals surface area (Å²) < 4.78 is 0. The second kappa shape index (κ2) is 6.88. The Labute approximate surface area is 138 Å². The quantitative estimate of drug-likeness (QED) is 0.713. The van der Waals surface area contributed by atoms with E-state index in [1.807, 2.05) is 24.5 Å². The summed E-state index contributed by atoms with van der Waals surface area (Å²) in [7, 11) is 2.18. The molecule has 0 N–H and O–H groups in total. The summed E-state index contributed by atoms with van der Waals surface area (Å²) in [5.74, 6) is 0. The second-order valence-corrected chi connectivity index (χ2v) is 6.22. The molecule has 0 spiro atoms. The normalized spacial score (nSPS) is 12.7. The van der Waals surface area contributed by atoms with Gasteiger partial charge in [-0.1, -0.05) is 24.3 Å². The Kier molecular flexibility index (Phi) is 4.68. The molecule has 2 aromatic heterocycles. The van der Waals surface area contributed by atoms with E-state index in [1.54, 1.807) is 0 Å². The highest BCUT2D eigenvalue weighted by Gasteiger charge is 2.13. The number of pyridine rings is 2. The molecule has 118 valence electrons. The Hall–Kier alpha value is -2.26. The van der Waals surface area contributed by atoms with Crippen molar-refractivity contribution in [1.82, 2.24) is 14.9 Å². The van der Waals surface area contributed by atoms with Gasteiger partial charge in [-0.2, -0.15) is 0 Å². The molecule has 1 atom stereocenters. The van der Waals surface area contributed by atoms with Crippen molar-refractivity contribution in [1.29, 1.82) is 0 Å². The number of likely N-dealkylation sites (N-methyl/N-ethyl adjacent to an activating group) is 1. The van der Waals surface area contributed by atoms with E-state index >= 15 is 0 Å². The number of hydrogen-bond donors (Lipinski definition) is 0. The molecular weight excluding hydrogens is 282 g/mol. The largest absolute Gasteiger partial charge is 0.299 e. The van der Waals surface area contributed by atoms with Crippen LogP contribution in [0, 0.1) is 6.92 Å². The topological polar surface area (TPSA) is 29.0 Å². The maximum absolute atomic E-state index is 4.52. The SMILES string of the molecule is Cc1cccnc1C[C@H](C)N(C)Cc1ccnc2ccccc12. The van der Waals surface area contributed by atoms with E-state index < -0.39 is 0 Å². The van der Waals surface area contributed by atoms with E-state index in [1.165, 1.54) is 22.2 Å². The van der Waals surface area contributed by atoms with Crippen LogP contribution in [-0.4, -0.2) is 28.0 Å². The van der Waals surface area contributed by atoms with Gasteiger partial charge in [0, 0.05) is 42.5 Å². The minimum atomic E-state index is 0.426. The molecular formula is C20H23N3. The van der Waals surface area contributed by atoms with Crippen molar-refractivity contribution in [2.75, 3.05) is 7.05 Å². The molecule has 1 aromatic carbocycles. The van der Waals surface area contributed by atoms with Gasteiger partial charge < -0.3 is 0 Å². The van der Waals surface area contributed by atoms with Gasteiger partial charge in [-0.15, -0.1) is 0 Å². The molecule has 3 rings (SSSR count). The molecule has 0 fully saturated rings. The molecule has 0 amide bonds.